The number of nitrogens with zero attached hydrogens (tertiary/aromatic N) is 3. The summed E-state index contributed by atoms with van der Waals surface area (Å²) in [6.07, 6.45) is -0.839. The number of thiazole rings is 1. The molecule has 2 aromatic heterocycles. The van der Waals surface area contributed by atoms with Gasteiger partial charge in [0.25, 0.3) is 0 Å². The topological polar surface area (TPSA) is 84.4 Å². The average molecular weight is 414 g/mol. The van der Waals surface area contributed by atoms with Crippen LogP contribution in [0, 0.1) is 5.92 Å². The SMILES string of the molecule is COC(=O)c1cnc(NC(=O)[C@@H]2CCCN(c3ncccc3C(F)(F)F)C2)s1. The summed E-state index contributed by atoms with van der Waals surface area (Å²) in [4.78, 5) is 33.6. The Labute approximate surface area is 162 Å². The zero-order valence-electron chi connectivity index (χ0n) is 14.8. The Morgan fingerprint density at radius 1 is 1.36 bits per heavy atom. The summed E-state index contributed by atoms with van der Waals surface area (Å²) in [7, 11) is 1.24. The number of aromatic nitrogens is 2. The lowest BCUT2D eigenvalue weighted by atomic mass is 9.97. The second kappa shape index (κ2) is 8.13. The van der Waals surface area contributed by atoms with Crippen molar-refractivity contribution in [3.05, 3.63) is 35.0 Å². The van der Waals surface area contributed by atoms with E-state index >= 15 is 0 Å². The van der Waals surface area contributed by atoms with Gasteiger partial charge in [-0.25, -0.2) is 14.8 Å². The highest BCUT2D eigenvalue weighted by molar-refractivity contribution is 7.17. The molecule has 0 unspecified atom stereocenters. The maximum Gasteiger partial charge on any atom is 0.419 e. The van der Waals surface area contributed by atoms with Crippen LogP contribution >= 0.6 is 11.3 Å². The lowest BCUT2D eigenvalue weighted by Crippen LogP contribution is -2.41. The summed E-state index contributed by atoms with van der Waals surface area (Å²) in [5.74, 6) is -1.62. The van der Waals surface area contributed by atoms with Gasteiger partial charge in [-0.3, -0.25) is 4.79 Å². The molecule has 1 aliphatic heterocycles. The van der Waals surface area contributed by atoms with Gasteiger partial charge in [0, 0.05) is 19.3 Å². The second-order valence-corrected chi connectivity index (χ2v) is 7.20. The molecular formula is C17H17F3N4O3S. The smallest absolute Gasteiger partial charge is 0.419 e. The van der Waals surface area contributed by atoms with Crippen LogP contribution in [0.3, 0.4) is 0 Å². The predicted molar refractivity (Wildman–Crippen MR) is 96.3 cm³/mol. The highest BCUT2D eigenvalue weighted by atomic mass is 32.1. The van der Waals surface area contributed by atoms with Crippen molar-refractivity contribution in [3.63, 3.8) is 0 Å². The van der Waals surface area contributed by atoms with Crippen molar-refractivity contribution in [2.75, 3.05) is 30.4 Å². The monoisotopic (exact) mass is 414 g/mol. The van der Waals surface area contributed by atoms with Crippen molar-refractivity contribution in [1.29, 1.82) is 0 Å². The number of alkyl halides is 3. The van der Waals surface area contributed by atoms with Crippen LogP contribution in [0.15, 0.2) is 24.5 Å². The standard InChI is InChI=1S/C17H17F3N4O3S/c1-27-15(26)12-8-22-16(28-12)23-14(25)10-4-3-7-24(9-10)13-11(17(18,19)20)5-2-6-21-13/h2,5-6,8,10H,3-4,7,9H2,1H3,(H,22,23,25)/t10-/m1/s1. The number of nitrogens with one attached hydrogen (secondary N) is 1. The summed E-state index contributed by atoms with van der Waals surface area (Å²) in [5.41, 5.74) is -0.821. The molecule has 0 spiro atoms. The lowest BCUT2D eigenvalue weighted by molar-refractivity contribution is -0.137. The number of piperidine rings is 1. The van der Waals surface area contributed by atoms with Crippen molar-refractivity contribution in [2.24, 2.45) is 5.92 Å². The minimum Gasteiger partial charge on any atom is -0.465 e. The maximum absolute atomic E-state index is 13.3. The number of hydrogen-bond donors (Lipinski definition) is 1. The third-order valence-corrected chi connectivity index (χ3v) is 5.20. The molecule has 2 aromatic rings. The van der Waals surface area contributed by atoms with Crippen molar-refractivity contribution in [2.45, 2.75) is 19.0 Å². The Kier molecular flexibility index (Phi) is 5.82. The fourth-order valence-electron chi connectivity index (χ4n) is 2.99. The normalized spacial score (nSPS) is 17.3. The molecule has 0 saturated carbocycles. The molecule has 0 radical (unpaired) electrons. The van der Waals surface area contributed by atoms with Gasteiger partial charge in [-0.15, -0.1) is 0 Å². The Balaban J connectivity index is 1.71. The Hall–Kier alpha value is -2.69. The van der Waals surface area contributed by atoms with Crippen molar-refractivity contribution >= 4 is 34.2 Å². The van der Waals surface area contributed by atoms with E-state index in [9.17, 15) is 22.8 Å². The van der Waals surface area contributed by atoms with Gasteiger partial charge in [0.1, 0.15) is 10.7 Å². The number of ether oxygens (including phenoxy) is 1. The van der Waals surface area contributed by atoms with Crippen LogP contribution in [-0.4, -0.2) is 42.0 Å². The van der Waals surface area contributed by atoms with Crippen LogP contribution in [0.1, 0.15) is 28.1 Å². The first kappa shape index (κ1) is 20.1. The Morgan fingerprint density at radius 2 is 2.14 bits per heavy atom. The van der Waals surface area contributed by atoms with Crippen LogP contribution in [0.5, 0.6) is 0 Å². The molecule has 0 bridgehead atoms. The van der Waals surface area contributed by atoms with Crippen LogP contribution in [0.2, 0.25) is 0 Å². The fraction of sp³-hybridized carbons (Fsp3) is 0.412. The van der Waals surface area contributed by atoms with Crippen molar-refractivity contribution in [3.8, 4) is 0 Å². The average Bonchev–Trinajstić information content (AvgIpc) is 3.15. The molecule has 7 nitrogen and oxygen atoms in total. The number of anilines is 2. The van der Waals surface area contributed by atoms with E-state index in [0.717, 1.165) is 17.4 Å². The highest BCUT2D eigenvalue weighted by Crippen LogP contribution is 2.36. The molecule has 1 fully saturated rings. The van der Waals surface area contributed by atoms with E-state index in [-0.39, 0.29) is 28.3 Å². The molecular weight excluding hydrogens is 397 g/mol. The van der Waals surface area contributed by atoms with E-state index in [2.05, 4.69) is 20.0 Å². The number of pyridine rings is 1. The van der Waals surface area contributed by atoms with Gasteiger partial charge in [-0.2, -0.15) is 13.2 Å². The largest absolute Gasteiger partial charge is 0.465 e. The predicted octanol–water partition coefficient (Wildman–Crippen LogP) is 3.20. The minimum absolute atomic E-state index is 0.112. The van der Waals surface area contributed by atoms with E-state index in [0.29, 0.717) is 19.4 Å². The first-order chi connectivity index (χ1) is 13.3. The number of methoxy groups -OCH3 is 1. The molecule has 150 valence electrons. The van der Waals surface area contributed by atoms with Crippen LogP contribution < -0.4 is 10.2 Å². The van der Waals surface area contributed by atoms with Gasteiger partial charge < -0.3 is 15.0 Å². The number of hydrogen-bond acceptors (Lipinski definition) is 7. The third-order valence-electron chi connectivity index (χ3n) is 4.31. The van der Waals surface area contributed by atoms with E-state index in [1.807, 2.05) is 0 Å². The quantitative estimate of drug-likeness (QED) is 0.774. The number of carbonyl (C=O) groups excluding carboxylic acids is 2. The molecule has 1 atom stereocenters. The number of esters is 1. The lowest BCUT2D eigenvalue weighted by Gasteiger charge is -2.34. The number of carbonyl (C=O) groups is 2. The highest BCUT2D eigenvalue weighted by Gasteiger charge is 2.37. The zero-order chi connectivity index (χ0) is 20.3. The Bertz CT molecular complexity index is 871. The van der Waals surface area contributed by atoms with E-state index in [1.54, 1.807) is 0 Å². The molecule has 3 heterocycles. The van der Waals surface area contributed by atoms with Crippen molar-refractivity contribution < 1.29 is 27.5 Å². The third kappa shape index (κ3) is 4.41. The summed E-state index contributed by atoms with van der Waals surface area (Å²) in [6.45, 7) is 0.495. The molecule has 0 aliphatic carbocycles. The summed E-state index contributed by atoms with van der Waals surface area (Å²) >= 11 is 0.969. The zero-order valence-corrected chi connectivity index (χ0v) is 15.6. The molecule has 3 rings (SSSR count). The second-order valence-electron chi connectivity index (χ2n) is 6.17. The Morgan fingerprint density at radius 3 is 2.86 bits per heavy atom. The number of halogens is 3. The van der Waals surface area contributed by atoms with Gasteiger partial charge in [0.15, 0.2) is 5.13 Å². The van der Waals surface area contributed by atoms with Gasteiger partial charge >= 0.3 is 12.1 Å². The molecule has 28 heavy (non-hydrogen) atoms. The molecule has 11 heteroatoms. The van der Waals surface area contributed by atoms with Crippen LogP contribution in [0.4, 0.5) is 24.1 Å². The van der Waals surface area contributed by atoms with E-state index in [1.165, 1.54) is 30.5 Å². The van der Waals surface area contributed by atoms with Gasteiger partial charge in [-0.05, 0) is 25.0 Å². The van der Waals surface area contributed by atoms with Gasteiger partial charge in [0.05, 0.1) is 24.8 Å². The minimum atomic E-state index is -4.52. The van der Waals surface area contributed by atoms with Crippen LogP contribution in [0.25, 0.3) is 0 Å². The van der Waals surface area contributed by atoms with Gasteiger partial charge in [-0.1, -0.05) is 11.3 Å². The first-order valence-corrected chi connectivity index (χ1v) is 9.23. The van der Waals surface area contributed by atoms with Crippen molar-refractivity contribution in [1.82, 2.24) is 9.97 Å². The van der Waals surface area contributed by atoms with Gasteiger partial charge in [0.2, 0.25) is 5.91 Å². The van der Waals surface area contributed by atoms with E-state index < -0.39 is 23.6 Å². The molecule has 0 aromatic carbocycles. The fourth-order valence-corrected chi connectivity index (χ4v) is 3.73. The van der Waals surface area contributed by atoms with E-state index in [4.69, 9.17) is 0 Å². The molecule has 1 amide bonds. The first-order valence-electron chi connectivity index (χ1n) is 8.41. The van der Waals surface area contributed by atoms with Crippen LogP contribution in [-0.2, 0) is 15.7 Å². The number of amides is 1. The molecule has 1 N–H and O–H groups in total. The molecule has 1 saturated heterocycles. The number of rotatable bonds is 4. The maximum atomic E-state index is 13.3. The summed E-state index contributed by atoms with van der Waals surface area (Å²) < 4.78 is 44.3. The molecule has 1 aliphatic rings. The summed E-state index contributed by atoms with van der Waals surface area (Å²) in [5, 5.41) is 2.85. The summed E-state index contributed by atoms with van der Waals surface area (Å²) in [6, 6.07) is 2.22.